The third-order valence-electron chi connectivity index (χ3n) is 9.71. The number of hydrogen-bond donors (Lipinski definition) is 1. The summed E-state index contributed by atoms with van der Waals surface area (Å²) in [6.45, 7) is 6.68. The van der Waals surface area contributed by atoms with Gasteiger partial charge in [0.05, 0.1) is 16.5 Å². The van der Waals surface area contributed by atoms with E-state index in [0.29, 0.717) is 78.6 Å². The summed E-state index contributed by atoms with van der Waals surface area (Å²) in [6, 6.07) is 8.81. The Balaban J connectivity index is 1.26. The van der Waals surface area contributed by atoms with E-state index in [4.69, 9.17) is 16.1 Å². The van der Waals surface area contributed by atoms with Gasteiger partial charge in [-0.1, -0.05) is 42.3 Å². The number of hydrogen-bond acceptors (Lipinski definition) is 7. The van der Waals surface area contributed by atoms with Crippen molar-refractivity contribution in [3.8, 4) is 29.6 Å². The number of rotatable bonds is 5. The highest BCUT2D eigenvalue weighted by Crippen LogP contribution is 2.43. The lowest BCUT2D eigenvalue weighted by Gasteiger charge is -2.34. The molecule has 6 heterocycles. The van der Waals surface area contributed by atoms with Crippen molar-refractivity contribution in [2.24, 2.45) is 0 Å². The van der Waals surface area contributed by atoms with E-state index in [-0.39, 0.29) is 29.4 Å². The number of nitrogens with zero attached hydrogens (tertiary/aromatic N) is 5. The fourth-order valence-electron chi connectivity index (χ4n) is 7.82. The van der Waals surface area contributed by atoms with Crippen LogP contribution in [0.25, 0.3) is 32.9 Å². The lowest BCUT2D eigenvalue weighted by Crippen LogP contribution is -2.51. The molecule has 4 aliphatic heterocycles. The Morgan fingerprint density at radius 3 is 2.73 bits per heavy atom. The second kappa shape index (κ2) is 10.2. The van der Waals surface area contributed by atoms with Crippen LogP contribution in [0.1, 0.15) is 31.2 Å². The first-order valence-electron chi connectivity index (χ1n) is 15.1. The van der Waals surface area contributed by atoms with E-state index < -0.39 is 23.3 Å². The van der Waals surface area contributed by atoms with Crippen LogP contribution in [-0.2, 0) is 0 Å². The summed E-state index contributed by atoms with van der Waals surface area (Å²) in [5.74, 6) is 1.74. The number of anilines is 1. The highest BCUT2D eigenvalue weighted by atomic mass is 19.1. The second-order valence-corrected chi connectivity index (χ2v) is 12.6. The normalized spacial score (nSPS) is 26.5. The Kier molecular flexibility index (Phi) is 6.33. The maximum absolute atomic E-state index is 16.7. The second-order valence-electron chi connectivity index (χ2n) is 12.6. The summed E-state index contributed by atoms with van der Waals surface area (Å²) < 4.78 is 52.3. The minimum atomic E-state index is -0.944. The molecule has 1 N–H and O–H groups in total. The van der Waals surface area contributed by atoms with Crippen molar-refractivity contribution in [3.05, 3.63) is 65.9 Å². The number of pyridine rings is 1. The average molecular weight is 597 g/mol. The molecule has 224 valence electrons. The van der Waals surface area contributed by atoms with Gasteiger partial charge in [-0.3, -0.25) is 9.88 Å². The summed E-state index contributed by atoms with van der Waals surface area (Å²) in [4.78, 5) is 18.2. The standard InChI is InChI=1S/C34H31F3N6O/c1-3-24-27(36)10-7-20-5-4-6-25(28(20)24)30-29(37)31-26(13-38-30)32(42-16-22-8-9-23(17-42)39-22)41-33(40-31)44-18-34-11-19(2)14-43(34)15-21(35)12-34/h1,4-7,10,13,21-23,39H,2,8-9,11-12,14-18H2/t21-,22?,23?,34+/m1/s1. The van der Waals surface area contributed by atoms with Gasteiger partial charge in [0, 0.05) is 61.8 Å². The molecule has 7 nitrogen and oxygen atoms in total. The van der Waals surface area contributed by atoms with Gasteiger partial charge in [0.2, 0.25) is 0 Å². The van der Waals surface area contributed by atoms with Crippen molar-refractivity contribution in [3.63, 3.8) is 0 Å². The molecule has 2 aromatic carbocycles. The van der Waals surface area contributed by atoms with Crippen molar-refractivity contribution < 1.29 is 17.9 Å². The highest BCUT2D eigenvalue weighted by Gasteiger charge is 2.50. The van der Waals surface area contributed by atoms with Gasteiger partial charge in [-0.15, -0.1) is 6.42 Å². The maximum Gasteiger partial charge on any atom is 0.319 e. The van der Waals surface area contributed by atoms with Gasteiger partial charge in [-0.25, -0.2) is 13.2 Å². The lowest BCUT2D eigenvalue weighted by atomic mass is 9.93. The molecule has 4 atom stereocenters. The number of nitrogens with one attached hydrogen (secondary N) is 1. The van der Waals surface area contributed by atoms with Gasteiger partial charge in [0.15, 0.2) is 5.82 Å². The van der Waals surface area contributed by atoms with Gasteiger partial charge in [-0.05, 0) is 30.7 Å². The molecule has 4 saturated heterocycles. The summed E-state index contributed by atoms with van der Waals surface area (Å²) in [7, 11) is 0. The minimum Gasteiger partial charge on any atom is -0.461 e. The maximum atomic E-state index is 16.7. The molecular weight excluding hydrogens is 565 g/mol. The Hall–Kier alpha value is -4.20. The number of alkyl halides is 1. The topological polar surface area (TPSA) is 66.4 Å². The Morgan fingerprint density at radius 2 is 1.93 bits per heavy atom. The van der Waals surface area contributed by atoms with Crippen LogP contribution in [0.4, 0.5) is 19.0 Å². The predicted molar refractivity (Wildman–Crippen MR) is 163 cm³/mol. The molecule has 10 heteroatoms. The van der Waals surface area contributed by atoms with Crippen LogP contribution in [0.3, 0.4) is 0 Å². The van der Waals surface area contributed by atoms with Gasteiger partial charge >= 0.3 is 6.01 Å². The number of halogens is 3. The van der Waals surface area contributed by atoms with Crippen LogP contribution < -0.4 is 15.0 Å². The molecular formula is C34H31F3N6O. The zero-order chi connectivity index (χ0) is 30.2. The van der Waals surface area contributed by atoms with Crippen molar-refractivity contribution >= 4 is 27.5 Å². The molecule has 0 aliphatic carbocycles. The van der Waals surface area contributed by atoms with Gasteiger partial charge in [0.1, 0.15) is 35.6 Å². The van der Waals surface area contributed by atoms with Crippen LogP contribution in [0.2, 0.25) is 0 Å². The molecule has 0 amide bonds. The van der Waals surface area contributed by atoms with E-state index >= 15 is 4.39 Å². The smallest absolute Gasteiger partial charge is 0.319 e. The van der Waals surface area contributed by atoms with E-state index in [0.717, 1.165) is 18.4 Å². The first-order chi connectivity index (χ1) is 21.3. The predicted octanol–water partition coefficient (Wildman–Crippen LogP) is 5.17. The number of ether oxygens (including phenoxy) is 1. The summed E-state index contributed by atoms with van der Waals surface area (Å²) in [6.07, 6.45) is 9.43. The number of aromatic nitrogens is 3. The van der Waals surface area contributed by atoms with Crippen molar-refractivity contribution in [2.75, 3.05) is 37.7 Å². The van der Waals surface area contributed by atoms with Gasteiger partial charge in [-0.2, -0.15) is 9.97 Å². The van der Waals surface area contributed by atoms with Crippen molar-refractivity contribution in [2.45, 2.75) is 49.5 Å². The Morgan fingerprint density at radius 1 is 1.11 bits per heavy atom. The van der Waals surface area contributed by atoms with E-state index in [9.17, 15) is 8.78 Å². The van der Waals surface area contributed by atoms with E-state index in [1.165, 1.54) is 6.07 Å². The first-order valence-corrected chi connectivity index (χ1v) is 15.1. The third-order valence-corrected chi connectivity index (χ3v) is 9.71. The number of benzene rings is 2. The Labute approximate surface area is 253 Å². The van der Waals surface area contributed by atoms with Crippen LogP contribution >= 0.6 is 0 Å². The number of piperazine rings is 1. The molecule has 2 aromatic heterocycles. The van der Waals surface area contributed by atoms with Crippen LogP contribution in [0.15, 0.2) is 48.7 Å². The number of terminal acetylenes is 1. The molecule has 2 bridgehead atoms. The number of fused-ring (bicyclic) bond motifs is 5. The van der Waals surface area contributed by atoms with E-state index in [2.05, 4.69) is 37.6 Å². The van der Waals surface area contributed by atoms with Gasteiger partial charge in [0.25, 0.3) is 0 Å². The molecule has 2 unspecified atom stereocenters. The Bertz CT molecular complexity index is 1880. The zero-order valence-electron chi connectivity index (χ0n) is 24.1. The van der Waals surface area contributed by atoms with Crippen molar-refractivity contribution in [1.29, 1.82) is 0 Å². The molecule has 8 rings (SSSR count). The van der Waals surface area contributed by atoms with Crippen molar-refractivity contribution in [1.82, 2.24) is 25.2 Å². The molecule has 4 aromatic rings. The average Bonchev–Trinajstić information content (AvgIpc) is 3.62. The SMILES string of the molecule is C#Cc1c(F)ccc2cccc(-c3ncc4c(N5CC6CCC(C5)N6)nc(OC[C@@]56CC(=C)CN5C[C@H](F)C6)nc4c3F)c12. The largest absolute Gasteiger partial charge is 0.461 e. The molecule has 4 fully saturated rings. The lowest BCUT2D eigenvalue weighted by molar-refractivity contribution is 0.107. The monoisotopic (exact) mass is 596 g/mol. The zero-order valence-corrected chi connectivity index (χ0v) is 24.1. The molecule has 4 aliphatic rings. The fourth-order valence-corrected chi connectivity index (χ4v) is 7.82. The van der Waals surface area contributed by atoms with Crippen LogP contribution in [0.5, 0.6) is 6.01 Å². The minimum absolute atomic E-state index is 0.00843. The summed E-state index contributed by atoms with van der Waals surface area (Å²) in [5.41, 5.74) is 0.995. The van der Waals surface area contributed by atoms with Crippen LogP contribution in [0, 0.1) is 24.0 Å². The highest BCUT2D eigenvalue weighted by molar-refractivity contribution is 6.02. The molecule has 0 saturated carbocycles. The quantitative estimate of drug-likeness (QED) is 0.252. The summed E-state index contributed by atoms with van der Waals surface area (Å²) in [5, 5.41) is 5.16. The van der Waals surface area contributed by atoms with Gasteiger partial charge < -0.3 is 15.0 Å². The fraction of sp³-hybridized carbons (Fsp3) is 0.382. The van der Waals surface area contributed by atoms with E-state index in [1.54, 1.807) is 30.5 Å². The molecule has 0 spiro atoms. The summed E-state index contributed by atoms with van der Waals surface area (Å²) >= 11 is 0. The molecule has 0 radical (unpaired) electrons. The first kappa shape index (κ1) is 27.4. The van der Waals surface area contributed by atoms with Crippen LogP contribution in [-0.4, -0.2) is 76.4 Å². The third kappa shape index (κ3) is 4.32. The van der Waals surface area contributed by atoms with E-state index in [1.807, 2.05) is 0 Å². The molecule has 44 heavy (non-hydrogen) atoms.